The molecule has 0 unspecified atom stereocenters. The number of nitriles is 1. The number of anilines is 3. The molecule has 0 aliphatic carbocycles. The van der Waals surface area contributed by atoms with E-state index in [1.807, 2.05) is 15.5 Å². The number of hydrogen-bond donors (Lipinski definition) is 1. The Kier molecular flexibility index (Phi) is 6.48. The number of imidazole rings is 1. The summed E-state index contributed by atoms with van der Waals surface area (Å²) >= 11 is 0. The largest absolute Gasteiger partial charge is 0.372 e. The van der Waals surface area contributed by atoms with Crippen molar-refractivity contribution in [2.75, 3.05) is 60.9 Å². The summed E-state index contributed by atoms with van der Waals surface area (Å²) in [5.74, 6) is 1.47. The van der Waals surface area contributed by atoms with E-state index in [4.69, 9.17) is 4.98 Å². The molecule has 0 atom stereocenters. The Morgan fingerprint density at radius 3 is 2.53 bits per heavy atom. The van der Waals surface area contributed by atoms with Crippen molar-refractivity contribution >= 4 is 28.9 Å². The van der Waals surface area contributed by atoms with Gasteiger partial charge in [-0.3, -0.25) is 14.2 Å². The molecule has 2 aliphatic rings. The summed E-state index contributed by atoms with van der Waals surface area (Å²) in [6.45, 7) is 4.77. The van der Waals surface area contributed by atoms with Gasteiger partial charge in [-0.05, 0) is 37.1 Å². The van der Waals surface area contributed by atoms with E-state index in [0.29, 0.717) is 37.6 Å². The van der Waals surface area contributed by atoms with Crippen LogP contribution in [0.15, 0.2) is 61.2 Å². The van der Waals surface area contributed by atoms with Crippen molar-refractivity contribution in [2.24, 2.45) is 0 Å². The normalized spacial score (nSPS) is 15.6. The monoisotopic (exact) mass is 507 g/mol. The third kappa shape index (κ3) is 4.59. The number of carbonyl (C=O) groups excluding carboxylic acids is 1. The molecule has 0 radical (unpaired) electrons. The van der Waals surface area contributed by atoms with Gasteiger partial charge in [-0.25, -0.2) is 9.97 Å². The van der Waals surface area contributed by atoms with Crippen molar-refractivity contribution in [3.63, 3.8) is 0 Å². The van der Waals surface area contributed by atoms with E-state index < -0.39 is 0 Å². The number of amides is 1. The van der Waals surface area contributed by atoms with Crippen LogP contribution in [0.25, 0.3) is 16.9 Å². The van der Waals surface area contributed by atoms with Crippen LogP contribution in [0.3, 0.4) is 0 Å². The highest BCUT2D eigenvalue weighted by atomic mass is 16.2. The first-order valence-corrected chi connectivity index (χ1v) is 13.0. The van der Waals surface area contributed by atoms with Crippen molar-refractivity contribution < 1.29 is 4.79 Å². The third-order valence-corrected chi connectivity index (χ3v) is 7.29. The van der Waals surface area contributed by atoms with E-state index in [1.54, 1.807) is 30.7 Å². The highest BCUT2D eigenvalue weighted by molar-refractivity contribution is 5.84. The molecule has 3 aromatic heterocycles. The molecule has 2 saturated heterocycles. The molecule has 1 amide bonds. The molecule has 4 aromatic rings. The summed E-state index contributed by atoms with van der Waals surface area (Å²) in [7, 11) is 0. The van der Waals surface area contributed by atoms with Crippen molar-refractivity contribution in [3.8, 4) is 17.3 Å². The average molecular weight is 508 g/mol. The van der Waals surface area contributed by atoms with Gasteiger partial charge in [0.25, 0.3) is 0 Å². The minimum atomic E-state index is 0.0190. The molecule has 1 aromatic carbocycles. The van der Waals surface area contributed by atoms with E-state index in [-0.39, 0.29) is 12.5 Å². The van der Waals surface area contributed by atoms with Crippen molar-refractivity contribution in [1.29, 1.82) is 5.26 Å². The van der Waals surface area contributed by atoms with Gasteiger partial charge in [0, 0.05) is 69.1 Å². The predicted molar refractivity (Wildman–Crippen MR) is 146 cm³/mol. The standard InChI is InChI=1S/C28H29N9O/c29-18-22-4-3-9-31-27(22)36-16-14-35(15-17-36)25(38)20-32-28-26(33-24-19-30-10-13-37(24)28)21-5-7-23(8-6-21)34-11-1-2-12-34/h3-10,13,19,32H,1-2,11-12,14-17,20H2. The second kappa shape index (κ2) is 10.4. The minimum absolute atomic E-state index is 0.0190. The van der Waals surface area contributed by atoms with Gasteiger partial charge in [0.1, 0.15) is 23.4 Å². The second-order valence-corrected chi connectivity index (χ2v) is 9.56. The van der Waals surface area contributed by atoms with Crippen molar-refractivity contribution in [1.82, 2.24) is 24.3 Å². The topological polar surface area (TPSA) is 106 Å². The minimum Gasteiger partial charge on any atom is -0.372 e. The number of fused-ring (bicyclic) bond motifs is 1. The Hall–Kier alpha value is -4.65. The summed E-state index contributed by atoms with van der Waals surface area (Å²) < 4.78 is 1.94. The summed E-state index contributed by atoms with van der Waals surface area (Å²) in [5.41, 5.74) is 4.29. The smallest absolute Gasteiger partial charge is 0.242 e. The van der Waals surface area contributed by atoms with Gasteiger partial charge in [0.2, 0.25) is 5.91 Å². The Balaban J connectivity index is 1.15. The second-order valence-electron chi connectivity index (χ2n) is 9.56. The molecule has 10 heteroatoms. The first-order valence-electron chi connectivity index (χ1n) is 13.0. The molecule has 0 bridgehead atoms. The van der Waals surface area contributed by atoms with Crippen LogP contribution in [0.4, 0.5) is 17.3 Å². The average Bonchev–Trinajstić information content (AvgIpc) is 3.65. The number of piperazine rings is 1. The number of benzene rings is 1. The summed E-state index contributed by atoms with van der Waals surface area (Å²) in [5, 5.41) is 12.8. The van der Waals surface area contributed by atoms with Crippen molar-refractivity contribution in [3.05, 3.63) is 66.7 Å². The van der Waals surface area contributed by atoms with Crippen LogP contribution in [-0.4, -0.2) is 76.0 Å². The molecule has 0 saturated carbocycles. The number of nitrogens with one attached hydrogen (secondary N) is 1. The fourth-order valence-electron chi connectivity index (χ4n) is 5.26. The molecule has 192 valence electrons. The van der Waals surface area contributed by atoms with Gasteiger partial charge in [-0.1, -0.05) is 12.1 Å². The molecular formula is C28H29N9O. The quantitative estimate of drug-likeness (QED) is 0.425. The lowest BCUT2D eigenvalue weighted by Gasteiger charge is -2.35. The number of nitrogens with zero attached hydrogens (tertiary/aromatic N) is 8. The molecule has 38 heavy (non-hydrogen) atoms. The Labute approximate surface area is 221 Å². The zero-order valence-electron chi connectivity index (χ0n) is 21.1. The third-order valence-electron chi connectivity index (χ3n) is 7.29. The Bertz CT molecular complexity index is 1480. The maximum Gasteiger partial charge on any atom is 0.242 e. The maximum atomic E-state index is 13.2. The number of carbonyl (C=O) groups is 1. The molecule has 2 fully saturated rings. The molecule has 5 heterocycles. The lowest BCUT2D eigenvalue weighted by atomic mass is 10.1. The molecule has 6 rings (SSSR count). The van der Waals surface area contributed by atoms with Gasteiger partial charge >= 0.3 is 0 Å². The van der Waals surface area contributed by atoms with Crippen LogP contribution < -0.4 is 15.1 Å². The molecule has 2 aliphatic heterocycles. The molecule has 10 nitrogen and oxygen atoms in total. The highest BCUT2D eigenvalue weighted by Crippen LogP contribution is 2.31. The van der Waals surface area contributed by atoms with E-state index >= 15 is 0 Å². The van der Waals surface area contributed by atoms with Crippen LogP contribution in [-0.2, 0) is 4.79 Å². The van der Waals surface area contributed by atoms with Crippen LogP contribution in [0.1, 0.15) is 18.4 Å². The Morgan fingerprint density at radius 2 is 1.76 bits per heavy atom. The lowest BCUT2D eigenvalue weighted by molar-refractivity contribution is -0.129. The number of rotatable bonds is 6. The van der Waals surface area contributed by atoms with Gasteiger partial charge < -0.3 is 20.0 Å². The first kappa shape index (κ1) is 23.7. The SMILES string of the molecule is N#Cc1cccnc1N1CCN(C(=O)CNc2c(-c3ccc(N4CCCC4)cc3)nc3cnccn23)CC1. The maximum absolute atomic E-state index is 13.2. The number of pyridine rings is 1. The van der Waals surface area contributed by atoms with E-state index in [0.717, 1.165) is 35.8 Å². The Morgan fingerprint density at radius 1 is 0.974 bits per heavy atom. The summed E-state index contributed by atoms with van der Waals surface area (Å²) in [6, 6.07) is 14.2. The first-order chi connectivity index (χ1) is 18.7. The van der Waals surface area contributed by atoms with Crippen LogP contribution in [0.2, 0.25) is 0 Å². The van der Waals surface area contributed by atoms with Crippen molar-refractivity contribution in [2.45, 2.75) is 12.8 Å². The zero-order valence-corrected chi connectivity index (χ0v) is 21.1. The number of hydrogen-bond acceptors (Lipinski definition) is 8. The predicted octanol–water partition coefficient (Wildman–Crippen LogP) is 3.02. The highest BCUT2D eigenvalue weighted by Gasteiger charge is 2.24. The van der Waals surface area contributed by atoms with Crippen LogP contribution in [0.5, 0.6) is 0 Å². The van der Waals surface area contributed by atoms with Gasteiger partial charge in [0.15, 0.2) is 5.65 Å². The zero-order chi connectivity index (χ0) is 25.9. The summed E-state index contributed by atoms with van der Waals surface area (Å²) in [6.07, 6.45) is 9.47. The number of aromatic nitrogens is 4. The van der Waals surface area contributed by atoms with Gasteiger partial charge in [0.05, 0.1) is 18.3 Å². The molecule has 0 spiro atoms. The van der Waals surface area contributed by atoms with E-state index in [9.17, 15) is 10.1 Å². The molecule has 1 N–H and O–H groups in total. The molecular weight excluding hydrogens is 478 g/mol. The van der Waals surface area contributed by atoms with Gasteiger partial charge in [-0.2, -0.15) is 5.26 Å². The van der Waals surface area contributed by atoms with Gasteiger partial charge in [-0.15, -0.1) is 0 Å². The van der Waals surface area contributed by atoms with Crippen LogP contribution in [0, 0.1) is 11.3 Å². The summed E-state index contributed by atoms with van der Waals surface area (Å²) in [4.78, 5) is 32.9. The van der Waals surface area contributed by atoms with E-state index in [1.165, 1.54) is 18.5 Å². The van der Waals surface area contributed by atoms with E-state index in [2.05, 4.69) is 55.4 Å². The lowest BCUT2D eigenvalue weighted by Crippen LogP contribution is -2.50. The fourth-order valence-corrected chi connectivity index (χ4v) is 5.26. The fraction of sp³-hybridized carbons (Fsp3) is 0.321. The van der Waals surface area contributed by atoms with Crippen LogP contribution >= 0.6 is 0 Å².